The molecular weight excluding hydrogens is 434 g/mol. The lowest BCUT2D eigenvalue weighted by Crippen LogP contribution is -2.28. The molecule has 2 heterocycles. The number of nitro benzene ring substituents is 1. The van der Waals surface area contributed by atoms with Crippen LogP contribution >= 0.6 is 11.8 Å². The van der Waals surface area contributed by atoms with Crippen molar-refractivity contribution in [3.63, 3.8) is 0 Å². The molecule has 10 nitrogen and oxygen atoms in total. The number of hydrogen-bond donors (Lipinski definition) is 0. The van der Waals surface area contributed by atoms with Crippen molar-refractivity contribution in [2.75, 3.05) is 13.7 Å². The van der Waals surface area contributed by atoms with Gasteiger partial charge in [0.05, 0.1) is 34.2 Å². The Hall–Kier alpha value is -3.57. The zero-order chi connectivity index (χ0) is 22.7. The highest BCUT2D eigenvalue weighted by Crippen LogP contribution is 2.26. The fourth-order valence-corrected chi connectivity index (χ4v) is 4.15. The maximum absolute atomic E-state index is 13.1. The minimum absolute atomic E-state index is 0.0189. The van der Waals surface area contributed by atoms with Gasteiger partial charge < -0.3 is 9.15 Å². The van der Waals surface area contributed by atoms with E-state index >= 15 is 0 Å². The van der Waals surface area contributed by atoms with Gasteiger partial charge in [-0.3, -0.25) is 19.5 Å². The van der Waals surface area contributed by atoms with E-state index in [4.69, 9.17) is 9.15 Å². The molecule has 0 unspecified atom stereocenters. The molecule has 4 aromatic rings. The Morgan fingerprint density at radius 3 is 2.66 bits per heavy atom. The van der Waals surface area contributed by atoms with Gasteiger partial charge >= 0.3 is 0 Å². The maximum Gasteiger partial charge on any atom is 0.269 e. The molecule has 0 saturated carbocycles. The molecule has 0 N–H and O–H groups in total. The lowest BCUT2D eigenvalue weighted by molar-refractivity contribution is -0.384. The van der Waals surface area contributed by atoms with E-state index in [1.807, 2.05) is 19.1 Å². The first-order valence-corrected chi connectivity index (χ1v) is 10.7. The van der Waals surface area contributed by atoms with Gasteiger partial charge in [0.1, 0.15) is 0 Å². The Labute approximate surface area is 186 Å². The molecular formula is C21H19N5O5S. The first kappa shape index (κ1) is 21.7. The molecule has 0 saturated heterocycles. The number of aromatic nitrogens is 4. The van der Waals surface area contributed by atoms with Gasteiger partial charge in [0.2, 0.25) is 11.8 Å². The Bertz CT molecular complexity index is 1320. The van der Waals surface area contributed by atoms with E-state index in [1.165, 1.54) is 23.9 Å². The highest BCUT2D eigenvalue weighted by Gasteiger charge is 2.18. The first-order chi connectivity index (χ1) is 15.5. The molecule has 0 aliphatic carbocycles. The third kappa shape index (κ3) is 4.39. The van der Waals surface area contributed by atoms with Crippen LogP contribution in [0.4, 0.5) is 5.69 Å². The predicted molar refractivity (Wildman–Crippen MR) is 119 cm³/mol. The summed E-state index contributed by atoms with van der Waals surface area (Å²) in [6.07, 6.45) is 0. The quantitative estimate of drug-likeness (QED) is 0.169. The number of hydrogen-bond acceptors (Lipinski definition) is 9. The number of nitrogens with zero attached hydrogens (tertiary/aromatic N) is 5. The summed E-state index contributed by atoms with van der Waals surface area (Å²) in [4.78, 5) is 28.1. The van der Waals surface area contributed by atoms with Crippen molar-refractivity contribution < 1.29 is 14.1 Å². The summed E-state index contributed by atoms with van der Waals surface area (Å²) >= 11 is 1.31. The number of fused-ring (bicyclic) bond motifs is 1. The van der Waals surface area contributed by atoms with Crippen molar-refractivity contribution in [1.29, 1.82) is 0 Å². The van der Waals surface area contributed by atoms with E-state index in [2.05, 4.69) is 15.2 Å². The Morgan fingerprint density at radius 2 is 1.94 bits per heavy atom. The largest absolute Gasteiger partial charge is 0.420 e. The zero-order valence-corrected chi connectivity index (χ0v) is 18.1. The second kappa shape index (κ2) is 9.28. The number of benzene rings is 2. The summed E-state index contributed by atoms with van der Waals surface area (Å²) in [7, 11) is 1.58. The van der Waals surface area contributed by atoms with Gasteiger partial charge in [-0.25, -0.2) is 4.98 Å². The molecule has 11 heteroatoms. The highest BCUT2D eigenvalue weighted by atomic mass is 32.2. The van der Waals surface area contributed by atoms with Crippen LogP contribution in [-0.2, 0) is 10.5 Å². The van der Waals surface area contributed by atoms with Crippen molar-refractivity contribution >= 4 is 28.4 Å². The third-order valence-electron chi connectivity index (χ3n) is 4.74. The summed E-state index contributed by atoms with van der Waals surface area (Å²) in [6.45, 7) is 2.25. The van der Waals surface area contributed by atoms with Gasteiger partial charge in [0.15, 0.2) is 5.16 Å². The lowest BCUT2D eigenvalue weighted by atomic mass is 10.2. The molecule has 0 aliphatic rings. The van der Waals surface area contributed by atoms with Crippen LogP contribution in [0.25, 0.3) is 22.4 Å². The SMILES string of the molecule is COC[C@@H](C)n1c(SCc2nnc(-c3ccc([N+](=O)[O-])cc3)o2)nc2ccccc2c1=O. The molecule has 164 valence electrons. The summed E-state index contributed by atoms with van der Waals surface area (Å²) in [5, 5.41) is 19.9. The van der Waals surface area contributed by atoms with Gasteiger partial charge in [-0.2, -0.15) is 0 Å². The molecule has 4 rings (SSSR count). The molecule has 2 aromatic heterocycles. The number of ether oxygens (including phenoxy) is 1. The van der Waals surface area contributed by atoms with Gasteiger partial charge in [0.25, 0.3) is 11.2 Å². The normalized spacial score (nSPS) is 12.2. The van der Waals surface area contributed by atoms with Gasteiger partial charge in [-0.1, -0.05) is 23.9 Å². The number of nitro groups is 1. The van der Waals surface area contributed by atoms with Crippen LogP contribution in [0.2, 0.25) is 0 Å². The van der Waals surface area contributed by atoms with Crippen molar-refractivity contribution in [3.8, 4) is 11.5 Å². The molecule has 2 aromatic carbocycles. The Kier molecular flexibility index (Phi) is 6.28. The Balaban J connectivity index is 1.60. The third-order valence-corrected chi connectivity index (χ3v) is 5.68. The molecule has 0 fully saturated rings. The summed E-state index contributed by atoms with van der Waals surface area (Å²) in [6, 6.07) is 12.8. The fourth-order valence-electron chi connectivity index (χ4n) is 3.21. The maximum atomic E-state index is 13.1. The highest BCUT2D eigenvalue weighted by molar-refractivity contribution is 7.98. The van der Waals surface area contributed by atoms with Crippen molar-refractivity contribution in [2.45, 2.75) is 23.9 Å². The summed E-state index contributed by atoms with van der Waals surface area (Å²) in [5.41, 5.74) is 1.03. The van der Waals surface area contributed by atoms with Gasteiger partial charge in [0, 0.05) is 24.8 Å². The van der Waals surface area contributed by atoms with Crippen molar-refractivity contribution in [1.82, 2.24) is 19.7 Å². The van der Waals surface area contributed by atoms with E-state index in [0.29, 0.717) is 39.9 Å². The van der Waals surface area contributed by atoms with Crippen LogP contribution < -0.4 is 5.56 Å². The molecule has 0 bridgehead atoms. The van der Waals surface area contributed by atoms with E-state index in [0.717, 1.165) is 0 Å². The minimum atomic E-state index is -0.472. The molecule has 0 radical (unpaired) electrons. The average molecular weight is 453 g/mol. The second-order valence-corrected chi connectivity index (χ2v) is 7.93. The molecule has 0 amide bonds. The van der Waals surface area contributed by atoms with Crippen molar-refractivity contribution in [3.05, 3.63) is 74.9 Å². The summed E-state index contributed by atoms with van der Waals surface area (Å²) < 4.78 is 12.6. The number of methoxy groups -OCH3 is 1. The second-order valence-electron chi connectivity index (χ2n) is 6.98. The van der Waals surface area contributed by atoms with Gasteiger partial charge in [-0.05, 0) is 31.2 Å². The van der Waals surface area contributed by atoms with Crippen LogP contribution in [0.5, 0.6) is 0 Å². The number of rotatable bonds is 8. The average Bonchev–Trinajstić information content (AvgIpc) is 3.27. The summed E-state index contributed by atoms with van der Waals surface area (Å²) in [5.74, 6) is 0.897. The Morgan fingerprint density at radius 1 is 1.19 bits per heavy atom. The topological polar surface area (TPSA) is 126 Å². The van der Waals surface area contributed by atoms with E-state index in [1.54, 1.807) is 35.9 Å². The number of thioether (sulfide) groups is 1. The minimum Gasteiger partial charge on any atom is -0.420 e. The number of non-ortho nitro benzene ring substituents is 1. The van der Waals surface area contributed by atoms with Crippen LogP contribution in [0.15, 0.2) is 62.9 Å². The van der Waals surface area contributed by atoms with E-state index < -0.39 is 4.92 Å². The number of para-hydroxylation sites is 1. The fraction of sp³-hybridized carbons (Fsp3) is 0.238. The predicted octanol–water partition coefficient (Wildman–Crippen LogP) is 3.85. The van der Waals surface area contributed by atoms with Crippen LogP contribution in [0.1, 0.15) is 18.9 Å². The lowest BCUT2D eigenvalue weighted by Gasteiger charge is -2.18. The van der Waals surface area contributed by atoms with Crippen LogP contribution in [-0.4, -0.2) is 38.4 Å². The van der Waals surface area contributed by atoms with Crippen LogP contribution in [0.3, 0.4) is 0 Å². The van der Waals surface area contributed by atoms with Gasteiger partial charge in [-0.15, -0.1) is 10.2 Å². The first-order valence-electron chi connectivity index (χ1n) is 9.68. The standard InChI is InChI=1S/C21H19N5O5S/c1-13(11-30-2)25-20(27)16-5-3-4-6-17(16)22-21(25)32-12-18-23-24-19(31-18)14-7-9-15(10-8-14)26(28)29/h3-10,13H,11-12H2,1-2H3/t13-/m1/s1. The van der Waals surface area contributed by atoms with Crippen molar-refractivity contribution in [2.24, 2.45) is 0 Å². The molecule has 32 heavy (non-hydrogen) atoms. The zero-order valence-electron chi connectivity index (χ0n) is 17.3. The molecule has 1 atom stereocenters. The molecule has 0 aliphatic heterocycles. The van der Waals surface area contributed by atoms with E-state index in [9.17, 15) is 14.9 Å². The van der Waals surface area contributed by atoms with Crippen LogP contribution in [0, 0.1) is 10.1 Å². The van der Waals surface area contributed by atoms with E-state index in [-0.39, 0.29) is 23.2 Å². The smallest absolute Gasteiger partial charge is 0.269 e. The molecule has 0 spiro atoms. The monoisotopic (exact) mass is 453 g/mol.